The molecule has 8 heteroatoms. The van der Waals surface area contributed by atoms with E-state index < -0.39 is 0 Å². The van der Waals surface area contributed by atoms with E-state index in [1.807, 2.05) is 44.8 Å². The predicted octanol–water partition coefficient (Wildman–Crippen LogP) is 2.29. The molecule has 0 aromatic carbocycles. The Labute approximate surface area is 191 Å². The highest BCUT2D eigenvalue weighted by atomic mass is 16.2. The van der Waals surface area contributed by atoms with Gasteiger partial charge in [-0.3, -0.25) is 19.3 Å². The standard InChI is InChI=1S/C24H37N7O/c1-18-23(19(2)28(4)27-18)26-24(32)20(3)31-11-7-8-21(17-31)16-29-12-14-30(15-13-29)22-9-5-6-10-25-22/h5-6,9-10,20-21H,7-8,11-17H2,1-4H3,(H,26,32). The number of aromatic nitrogens is 3. The molecule has 2 fully saturated rings. The number of piperidine rings is 1. The second-order valence-corrected chi connectivity index (χ2v) is 9.31. The van der Waals surface area contributed by atoms with E-state index in [1.165, 1.54) is 6.42 Å². The van der Waals surface area contributed by atoms with Crippen LogP contribution in [0.3, 0.4) is 0 Å². The molecule has 4 heterocycles. The van der Waals surface area contributed by atoms with Crippen molar-refractivity contribution >= 4 is 17.4 Å². The number of likely N-dealkylation sites (tertiary alicyclic amines) is 1. The van der Waals surface area contributed by atoms with Crippen LogP contribution in [0.15, 0.2) is 24.4 Å². The van der Waals surface area contributed by atoms with Gasteiger partial charge in [0.05, 0.1) is 23.1 Å². The Balaban J connectivity index is 1.27. The molecule has 0 saturated carbocycles. The Hall–Kier alpha value is -2.45. The second-order valence-electron chi connectivity index (χ2n) is 9.31. The van der Waals surface area contributed by atoms with Gasteiger partial charge in [0.15, 0.2) is 0 Å². The van der Waals surface area contributed by atoms with Crippen LogP contribution in [0.5, 0.6) is 0 Å². The van der Waals surface area contributed by atoms with Gasteiger partial charge in [-0.15, -0.1) is 0 Å². The van der Waals surface area contributed by atoms with Crippen LogP contribution in [-0.4, -0.2) is 82.3 Å². The first-order chi connectivity index (χ1) is 15.4. The summed E-state index contributed by atoms with van der Waals surface area (Å²) in [5.41, 5.74) is 2.71. The summed E-state index contributed by atoms with van der Waals surface area (Å²) < 4.78 is 1.82. The molecule has 4 rings (SSSR count). The summed E-state index contributed by atoms with van der Waals surface area (Å²) in [5.74, 6) is 1.76. The largest absolute Gasteiger partial charge is 0.354 e. The number of amides is 1. The Morgan fingerprint density at radius 1 is 1.19 bits per heavy atom. The molecule has 0 bridgehead atoms. The maximum atomic E-state index is 13.0. The minimum Gasteiger partial charge on any atom is -0.354 e. The van der Waals surface area contributed by atoms with E-state index in [4.69, 9.17) is 0 Å². The van der Waals surface area contributed by atoms with E-state index in [-0.39, 0.29) is 11.9 Å². The molecule has 8 nitrogen and oxygen atoms in total. The van der Waals surface area contributed by atoms with Gasteiger partial charge in [-0.25, -0.2) is 4.98 Å². The van der Waals surface area contributed by atoms with Crippen LogP contribution in [0.1, 0.15) is 31.2 Å². The minimum absolute atomic E-state index is 0.0637. The summed E-state index contributed by atoms with van der Waals surface area (Å²) in [6, 6.07) is 5.97. The van der Waals surface area contributed by atoms with Crippen LogP contribution in [0, 0.1) is 19.8 Å². The van der Waals surface area contributed by atoms with Crippen molar-refractivity contribution in [1.29, 1.82) is 0 Å². The smallest absolute Gasteiger partial charge is 0.241 e. The van der Waals surface area contributed by atoms with E-state index in [9.17, 15) is 4.79 Å². The molecule has 2 aliphatic rings. The van der Waals surface area contributed by atoms with Gasteiger partial charge in [-0.05, 0) is 58.2 Å². The van der Waals surface area contributed by atoms with Gasteiger partial charge < -0.3 is 10.2 Å². The van der Waals surface area contributed by atoms with Gasteiger partial charge in [0.25, 0.3) is 0 Å². The van der Waals surface area contributed by atoms with Gasteiger partial charge in [0, 0.05) is 52.5 Å². The zero-order valence-electron chi connectivity index (χ0n) is 19.9. The van der Waals surface area contributed by atoms with Crippen molar-refractivity contribution in [3.8, 4) is 0 Å². The van der Waals surface area contributed by atoms with E-state index in [1.54, 1.807) is 0 Å². The van der Waals surface area contributed by atoms with Crippen molar-refractivity contribution < 1.29 is 4.79 Å². The fourth-order valence-corrected chi connectivity index (χ4v) is 5.01. The number of carbonyl (C=O) groups is 1. The number of nitrogens with zero attached hydrogens (tertiary/aromatic N) is 6. The van der Waals surface area contributed by atoms with Crippen molar-refractivity contribution in [2.24, 2.45) is 13.0 Å². The SMILES string of the molecule is Cc1nn(C)c(C)c1NC(=O)C(C)N1CCCC(CN2CCN(c3ccccn3)CC2)C1. The number of rotatable bonds is 6. The third-order valence-corrected chi connectivity index (χ3v) is 7.10. The first-order valence-corrected chi connectivity index (χ1v) is 11.9. The number of nitrogens with one attached hydrogen (secondary N) is 1. The van der Waals surface area contributed by atoms with Crippen molar-refractivity contribution in [3.63, 3.8) is 0 Å². The lowest BCUT2D eigenvalue weighted by Crippen LogP contribution is -2.52. The molecular weight excluding hydrogens is 402 g/mol. The normalized spacial score (nSPS) is 21.5. The summed E-state index contributed by atoms with van der Waals surface area (Å²) in [4.78, 5) is 24.8. The number of anilines is 2. The van der Waals surface area contributed by atoms with Gasteiger partial charge in [-0.2, -0.15) is 5.10 Å². The molecule has 2 atom stereocenters. The lowest BCUT2D eigenvalue weighted by molar-refractivity contribution is -0.121. The minimum atomic E-state index is -0.141. The van der Waals surface area contributed by atoms with E-state index in [2.05, 4.69) is 42.2 Å². The lowest BCUT2D eigenvalue weighted by atomic mass is 9.95. The van der Waals surface area contributed by atoms with Crippen molar-refractivity contribution in [2.75, 3.05) is 56.0 Å². The predicted molar refractivity (Wildman–Crippen MR) is 128 cm³/mol. The van der Waals surface area contributed by atoms with Crippen molar-refractivity contribution in [1.82, 2.24) is 24.6 Å². The third-order valence-electron chi connectivity index (χ3n) is 7.10. The van der Waals surface area contributed by atoms with Crippen molar-refractivity contribution in [3.05, 3.63) is 35.8 Å². The van der Waals surface area contributed by atoms with E-state index in [0.29, 0.717) is 5.92 Å². The maximum Gasteiger partial charge on any atom is 0.241 e. The van der Waals surface area contributed by atoms with Gasteiger partial charge in [-0.1, -0.05) is 6.07 Å². The van der Waals surface area contributed by atoms with Crippen molar-refractivity contribution in [2.45, 2.75) is 39.7 Å². The molecule has 2 aliphatic heterocycles. The highest BCUT2D eigenvalue weighted by Gasteiger charge is 2.30. The third kappa shape index (κ3) is 5.13. The Morgan fingerprint density at radius 2 is 1.97 bits per heavy atom. The van der Waals surface area contributed by atoms with Crippen LogP contribution >= 0.6 is 0 Å². The summed E-state index contributed by atoms with van der Waals surface area (Å²) in [7, 11) is 1.91. The summed E-state index contributed by atoms with van der Waals surface area (Å²) >= 11 is 0. The molecule has 0 aliphatic carbocycles. The average Bonchev–Trinajstić information content (AvgIpc) is 3.05. The number of hydrogen-bond acceptors (Lipinski definition) is 6. The van der Waals surface area contributed by atoms with Gasteiger partial charge in [0.2, 0.25) is 5.91 Å². The number of carbonyl (C=O) groups excluding carboxylic acids is 1. The van der Waals surface area contributed by atoms with Crippen LogP contribution < -0.4 is 10.2 Å². The monoisotopic (exact) mass is 439 g/mol. The molecule has 174 valence electrons. The molecule has 32 heavy (non-hydrogen) atoms. The van der Waals surface area contributed by atoms with E-state index >= 15 is 0 Å². The summed E-state index contributed by atoms with van der Waals surface area (Å²) in [6.07, 6.45) is 4.26. The zero-order valence-corrected chi connectivity index (χ0v) is 19.9. The van der Waals surface area contributed by atoms with E-state index in [0.717, 1.165) is 75.1 Å². The highest BCUT2D eigenvalue weighted by Crippen LogP contribution is 2.23. The Morgan fingerprint density at radius 3 is 2.62 bits per heavy atom. The molecule has 1 N–H and O–H groups in total. The summed E-state index contributed by atoms with van der Waals surface area (Å²) in [5, 5.41) is 7.54. The van der Waals surface area contributed by atoms with Crippen LogP contribution in [-0.2, 0) is 11.8 Å². The average molecular weight is 440 g/mol. The molecule has 2 aromatic rings. The highest BCUT2D eigenvalue weighted by molar-refractivity contribution is 5.95. The van der Waals surface area contributed by atoms with Gasteiger partial charge >= 0.3 is 0 Å². The molecule has 1 amide bonds. The van der Waals surface area contributed by atoms with Crippen LogP contribution in [0.2, 0.25) is 0 Å². The first-order valence-electron chi connectivity index (χ1n) is 11.9. The molecule has 0 radical (unpaired) electrons. The van der Waals surface area contributed by atoms with Gasteiger partial charge in [0.1, 0.15) is 5.82 Å². The number of piperazine rings is 1. The maximum absolute atomic E-state index is 13.0. The molecule has 0 spiro atoms. The quantitative estimate of drug-likeness (QED) is 0.745. The topological polar surface area (TPSA) is 69.5 Å². The second kappa shape index (κ2) is 10.0. The first kappa shape index (κ1) is 22.7. The fraction of sp³-hybridized carbons (Fsp3) is 0.625. The Kier molecular flexibility index (Phi) is 7.10. The zero-order chi connectivity index (χ0) is 22.7. The lowest BCUT2D eigenvalue weighted by Gasteiger charge is -2.40. The summed E-state index contributed by atoms with van der Waals surface area (Å²) in [6.45, 7) is 13.2. The number of pyridine rings is 1. The molecule has 2 unspecified atom stereocenters. The Bertz CT molecular complexity index is 905. The molecule has 2 saturated heterocycles. The fourth-order valence-electron chi connectivity index (χ4n) is 5.01. The van der Waals surface area contributed by atoms with Crippen LogP contribution in [0.25, 0.3) is 0 Å². The molecular formula is C24H37N7O. The molecule has 2 aromatic heterocycles. The number of hydrogen-bond donors (Lipinski definition) is 1. The number of aryl methyl sites for hydroxylation is 2. The van der Waals surface area contributed by atoms with Crippen LogP contribution in [0.4, 0.5) is 11.5 Å².